The zero-order valence-electron chi connectivity index (χ0n) is 17.4. The predicted molar refractivity (Wildman–Crippen MR) is 122 cm³/mol. The lowest BCUT2D eigenvalue weighted by atomic mass is 10.0. The summed E-state index contributed by atoms with van der Waals surface area (Å²) in [5.41, 5.74) is 9.80. The molecule has 9 nitrogen and oxygen atoms in total. The van der Waals surface area contributed by atoms with Gasteiger partial charge in [0, 0.05) is 18.3 Å². The third-order valence-electron chi connectivity index (χ3n) is 5.74. The number of rotatable bonds is 4. The van der Waals surface area contributed by atoms with Gasteiger partial charge in [-0.15, -0.1) is 0 Å². The number of amides is 2. The third-order valence-corrected chi connectivity index (χ3v) is 6.05. The fourth-order valence-electron chi connectivity index (χ4n) is 4.09. The zero-order valence-corrected chi connectivity index (χ0v) is 18.2. The number of hydrogen-bond donors (Lipinski definition) is 1. The van der Waals surface area contributed by atoms with E-state index in [-0.39, 0.29) is 24.4 Å². The number of carbonyl (C=O) groups excluding carboxylic acids is 2. The average Bonchev–Trinajstić information content (AvgIpc) is 3.44. The Labute approximate surface area is 193 Å². The maximum absolute atomic E-state index is 12.9. The minimum atomic E-state index is -0.614. The van der Waals surface area contributed by atoms with Crippen molar-refractivity contribution in [1.29, 1.82) is 0 Å². The molecule has 0 spiro atoms. The van der Waals surface area contributed by atoms with Crippen LogP contribution in [0.15, 0.2) is 49.1 Å². The van der Waals surface area contributed by atoms with E-state index >= 15 is 0 Å². The number of imidazole rings is 1. The Morgan fingerprint density at radius 2 is 2.00 bits per heavy atom. The molecule has 0 saturated heterocycles. The summed E-state index contributed by atoms with van der Waals surface area (Å²) in [6.45, 7) is 8.18. The standard InChI is InChI=1S/C23H18ClN7O2/c1-26-16-4-2-14(3-5-16)8-20(32)29-6-7-31-19(12-29)21(23(25)33)22(28-31)15-9-17(24)18-10-27-13-30(18)11-15/h2-5,9-11,13H,6-8,12H2,(H2,25,33). The van der Waals surface area contributed by atoms with Crippen LogP contribution in [-0.2, 0) is 24.3 Å². The number of nitrogens with two attached hydrogens (primary N) is 1. The second kappa shape index (κ2) is 8.07. The lowest BCUT2D eigenvalue weighted by Gasteiger charge is -2.28. The molecule has 2 N–H and O–H groups in total. The van der Waals surface area contributed by atoms with Crippen molar-refractivity contribution >= 4 is 34.6 Å². The van der Waals surface area contributed by atoms with Crippen LogP contribution in [0.5, 0.6) is 0 Å². The molecule has 1 aliphatic rings. The summed E-state index contributed by atoms with van der Waals surface area (Å²) in [6, 6.07) is 8.68. The highest BCUT2D eigenvalue weighted by Crippen LogP contribution is 2.31. The molecule has 0 fully saturated rings. The van der Waals surface area contributed by atoms with E-state index in [1.54, 1.807) is 63.0 Å². The fourth-order valence-corrected chi connectivity index (χ4v) is 4.35. The number of primary amides is 1. The summed E-state index contributed by atoms with van der Waals surface area (Å²) >= 11 is 6.39. The van der Waals surface area contributed by atoms with E-state index in [2.05, 4.69) is 14.9 Å². The van der Waals surface area contributed by atoms with Gasteiger partial charge in [-0.3, -0.25) is 14.3 Å². The van der Waals surface area contributed by atoms with Gasteiger partial charge in [0.15, 0.2) is 5.69 Å². The van der Waals surface area contributed by atoms with Gasteiger partial charge in [0.25, 0.3) is 5.91 Å². The minimum Gasteiger partial charge on any atom is -0.365 e. The molecule has 4 heterocycles. The molecule has 3 aromatic heterocycles. The summed E-state index contributed by atoms with van der Waals surface area (Å²) < 4.78 is 3.49. The average molecular weight is 460 g/mol. The molecule has 0 saturated carbocycles. The number of halogens is 1. The van der Waals surface area contributed by atoms with Crippen LogP contribution in [-0.4, -0.2) is 42.4 Å². The normalized spacial score (nSPS) is 13.0. The summed E-state index contributed by atoms with van der Waals surface area (Å²) in [4.78, 5) is 34.5. The second-order valence-corrected chi connectivity index (χ2v) is 8.20. The Hall–Kier alpha value is -4.16. The molecular weight excluding hydrogens is 442 g/mol. The van der Waals surface area contributed by atoms with Crippen molar-refractivity contribution in [3.63, 3.8) is 0 Å². The Kier molecular flexibility index (Phi) is 5.07. The number of aromatic nitrogens is 4. The summed E-state index contributed by atoms with van der Waals surface area (Å²) in [6.07, 6.45) is 5.27. The first-order chi connectivity index (χ1) is 15.9. The van der Waals surface area contributed by atoms with Crippen LogP contribution >= 0.6 is 11.6 Å². The Bertz CT molecular complexity index is 1450. The van der Waals surface area contributed by atoms with Gasteiger partial charge in [-0.25, -0.2) is 9.83 Å². The Morgan fingerprint density at radius 3 is 2.73 bits per heavy atom. The summed E-state index contributed by atoms with van der Waals surface area (Å²) in [5.74, 6) is -0.685. The molecule has 5 rings (SSSR count). The van der Waals surface area contributed by atoms with Crippen molar-refractivity contribution in [2.75, 3.05) is 6.54 Å². The maximum atomic E-state index is 12.9. The number of fused-ring (bicyclic) bond motifs is 2. The molecule has 0 aliphatic carbocycles. The zero-order chi connectivity index (χ0) is 23.1. The highest BCUT2D eigenvalue weighted by atomic mass is 35.5. The molecular formula is C23H18ClN7O2. The van der Waals surface area contributed by atoms with E-state index in [1.807, 2.05) is 0 Å². The second-order valence-electron chi connectivity index (χ2n) is 7.79. The van der Waals surface area contributed by atoms with E-state index in [9.17, 15) is 9.59 Å². The molecule has 164 valence electrons. The smallest absolute Gasteiger partial charge is 0.252 e. The van der Waals surface area contributed by atoms with Gasteiger partial charge in [0.1, 0.15) is 5.69 Å². The minimum absolute atomic E-state index is 0.0714. The van der Waals surface area contributed by atoms with Crippen LogP contribution in [0.3, 0.4) is 0 Å². The fraction of sp³-hybridized carbons (Fsp3) is 0.174. The van der Waals surface area contributed by atoms with Crippen molar-refractivity contribution in [1.82, 2.24) is 24.1 Å². The van der Waals surface area contributed by atoms with Gasteiger partial charge < -0.3 is 15.0 Å². The third kappa shape index (κ3) is 3.70. The van der Waals surface area contributed by atoms with Crippen molar-refractivity contribution in [3.8, 4) is 11.3 Å². The van der Waals surface area contributed by atoms with Crippen molar-refractivity contribution in [3.05, 3.63) is 82.3 Å². The van der Waals surface area contributed by atoms with Gasteiger partial charge in [-0.05, 0) is 11.6 Å². The number of carbonyl (C=O) groups is 2. The van der Waals surface area contributed by atoms with Crippen LogP contribution in [0.25, 0.3) is 21.6 Å². The summed E-state index contributed by atoms with van der Waals surface area (Å²) in [5, 5.41) is 5.11. The topological polar surface area (TPSA) is 103 Å². The number of benzene rings is 1. The Morgan fingerprint density at radius 1 is 1.21 bits per heavy atom. The largest absolute Gasteiger partial charge is 0.365 e. The van der Waals surface area contributed by atoms with E-state index in [0.29, 0.717) is 40.8 Å². The van der Waals surface area contributed by atoms with E-state index < -0.39 is 5.91 Å². The number of hydrogen-bond acceptors (Lipinski definition) is 4. The molecule has 0 bridgehead atoms. The lowest BCUT2D eigenvalue weighted by Crippen LogP contribution is -2.40. The maximum Gasteiger partial charge on any atom is 0.252 e. The number of pyridine rings is 1. The van der Waals surface area contributed by atoms with E-state index in [4.69, 9.17) is 23.9 Å². The highest BCUT2D eigenvalue weighted by molar-refractivity contribution is 6.34. The molecule has 0 radical (unpaired) electrons. The van der Waals surface area contributed by atoms with Crippen LogP contribution in [0.2, 0.25) is 5.02 Å². The first-order valence-corrected chi connectivity index (χ1v) is 10.6. The molecule has 1 aromatic carbocycles. The first-order valence-electron chi connectivity index (χ1n) is 10.2. The SMILES string of the molecule is [C-]#[N+]c1ccc(CC(=O)N2CCn3nc(-c4cc(Cl)c5cncn5c4)c(C(N)=O)c3C2)cc1. The van der Waals surface area contributed by atoms with E-state index in [0.717, 1.165) is 11.1 Å². The van der Waals surface area contributed by atoms with E-state index in [1.165, 1.54) is 0 Å². The first kappa shape index (κ1) is 20.7. The van der Waals surface area contributed by atoms with Crippen molar-refractivity contribution in [2.45, 2.75) is 19.5 Å². The Balaban J connectivity index is 1.46. The lowest BCUT2D eigenvalue weighted by molar-refractivity contribution is -0.132. The number of nitrogens with zero attached hydrogens (tertiary/aromatic N) is 6. The molecule has 2 amide bonds. The monoisotopic (exact) mass is 459 g/mol. The highest BCUT2D eigenvalue weighted by Gasteiger charge is 2.30. The molecule has 0 atom stereocenters. The molecule has 1 aliphatic heterocycles. The predicted octanol–water partition coefficient (Wildman–Crippen LogP) is 3.09. The molecule has 10 heteroatoms. The van der Waals surface area contributed by atoms with Crippen LogP contribution in [0.4, 0.5) is 5.69 Å². The van der Waals surface area contributed by atoms with Crippen molar-refractivity contribution < 1.29 is 9.59 Å². The van der Waals surface area contributed by atoms with Crippen LogP contribution < -0.4 is 5.73 Å². The van der Waals surface area contributed by atoms with Gasteiger partial charge in [0.05, 0.1) is 60.4 Å². The quantitative estimate of drug-likeness (QED) is 0.473. The van der Waals surface area contributed by atoms with Crippen LogP contribution in [0, 0.1) is 6.57 Å². The van der Waals surface area contributed by atoms with Gasteiger partial charge in [-0.1, -0.05) is 35.9 Å². The van der Waals surface area contributed by atoms with Gasteiger partial charge in [0.2, 0.25) is 5.91 Å². The van der Waals surface area contributed by atoms with Crippen LogP contribution in [0.1, 0.15) is 21.6 Å². The molecule has 33 heavy (non-hydrogen) atoms. The van der Waals surface area contributed by atoms with Gasteiger partial charge in [-0.2, -0.15) is 5.10 Å². The van der Waals surface area contributed by atoms with Gasteiger partial charge >= 0.3 is 0 Å². The van der Waals surface area contributed by atoms with Crippen molar-refractivity contribution in [2.24, 2.45) is 5.73 Å². The molecule has 0 unspecified atom stereocenters. The molecule has 4 aromatic rings. The summed E-state index contributed by atoms with van der Waals surface area (Å²) in [7, 11) is 0.